The quantitative estimate of drug-likeness (QED) is 0.740. The van der Waals surface area contributed by atoms with Crippen LogP contribution in [0.15, 0.2) is 0 Å². The highest BCUT2D eigenvalue weighted by atomic mass is 35.5. The first kappa shape index (κ1) is 11.3. The summed E-state index contributed by atoms with van der Waals surface area (Å²) in [5.74, 6) is 0. The molecule has 0 aliphatic rings. The van der Waals surface area contributed by atoms with E-state index in [1.807, 2.05) is 0 Å². The van der Waals surface area contributed by atoms with Crippen molar-refractivity contribution in [3.63, 3.8) is 0 Å². The third kappa shape index (κ3) is 1.60. The Morgan fingerprint density at radius 3 is 2.36 bits per heavy atom. The molecule has 1 heterocycles. The SMILES string of the molecule is CCc1c(Cl)[n+](=O)c(CC)c(Cl)n1[O-]. The minimum atomic E-state index is -0.0937. The molecule has 0 aliphatic carbocycles. The van der Waals surface area contributed by atoms with Crippen molar-refractivity contribution < 1.29 is 4.43 Å². The fraction of sp³-hybridized carbons (Fsp3) is 0.500. The molecule has 0 fully saturated rings. The Kier molecular flexibility index (Phi) is 3.39. The number of hydrogen-bond acceptors (Lipinski definition) is 2. The van der Waals surface area contributed by atoms with Crippen LogP contribution in [0.5, 0.6) is 0 Å². The first-order valence-electron chi connectivity index (χ1n) is 4.26. The molecule has 0 atom stereocenters. The lowest BCUT2D eigenvalue weighted by Gasteiger charge is -2.16. The van der Waals surface area contributed by atoms with Gasteiger partial charge >= 0.3 is 5.15 Å². The van der Waals surface area contributed by atoms with Crippen molar-refractivity contribution in [2.24, 2.45) is 0 Å². The molecule has 1 rings (SSSR count). The molecule has 0 bridgehead atoms. The number of rotatable bonds is 2. The Bertz CT molecular complexity index is 415. The van der Waals surface area contributed by atoms with Gasteiger partial charge in [-0.3, -0.25) is 0 Å². The van der Waals surface area contributed by atoms with E-state index < -0.39 is 0 Å². The molecule has 0 aromatic carbocycles. The van der Waals surface area contributed by atoms with Gasteiger partial charge in [-0.1, -0.05) is 25.4 Å². The van der Waals surface area contributed by atoms with Gasteiger partial charge in [-0.05, 0) is 18.0 Å². The van der Waals surface area contributed by atoms with Crippen LogP contribution in [0.1, 0.15) is 25.2 Å². The van der Waals surface area contributed by atoms with E-state index in [0.29, 0.717) is 22.0 Å². The Hall–Kier alpha value is -0.740. The highest BCUT2D eigenvalue weighted by Crippen LogP contribution is 2.19. The second-order valence-electron chi connectivity index (χ2n) is 2.77. The number of hydrogen-bond donors (Lipinski definition) is 0. The standard InChI is InChI=1S/C8H10Cl2N2O2/c1-3-5-7(9)12(14)6(4-2)8(10)11(5)13/h3-4H2,1-2H3. The summed E-state index contributed by atoms with van der Waals surface area (Å²) in [4.78, 5) is 11.5. The van der Waals surface area contributed by atoms with Crippen LogP contribution >= 0.6 is 23.2 Å². The molecule has 78 valence electrons. The molecule has 0 N–H and O–H groups in total. The van der Waals surface area contributed by atoms with E-state index >= 15 is 0 Å². The lowest BCUT2D eigenvalue weighted by atomic mass is 10.3. The molecule has 0 radical (unpaired) electrons. The monoisotopic (exact) mass is 236 g/mol. The summed E-state index contributed by atoms with van der Waals surface area (Å²) in [7, 11) is 0. The molecule has 6 heteroatoms. The number of aromatic nitrogens is 2. The van der Waals surface area contributed by atoms with Crippen LogP contribution in [0.2, 0.25) is 10.3 Å². The van der Waals surface area contributed by atoms with E-state index in [0.717, 1.165) is 0 Å². The fourth-order valence-corrected chi connectivity index (χ4v) is 1.84. The van der Waals surface area contributed by atoms with Crippen molar-refractivity contribution in [3.05, 3.63) is 31.8 Å². The highest BCUT2D eigenvalue weighted by molar-refractivity contribution is 6.31. The zero-order chi connectivity index (χ0) is 10.9. The van der Waals surface area contributed by atoms with E-state index in [2.05, 4.69) is 0 Å². The molecule has 0 saturated heterocycles. The van der Waals surface area contributed by atoms with Crippen LogP contribution in [-0.4, -0.2) is 4.73 Å². The summed E-state index contributed by atoms with van der Waals surface area (Å²) < 4.78 is 1.02. The van der Waals surface area contributed by atoms with Crippen molar-refractivity contribution in [1.82, 2.24) is 4.73 Å². The molecule has 0 unspecified atom stereocenters. The molecular weight excluding hydrogens is 227 g/mol. The second-order valence-corrected chi connectivity index (χ2v) is 3.49. The normalized spacial score (nSPS) is 10.6. The second kappa shape index (κ2) is 4.19. The van der Waals surface area contributed by atoms with Crippen molar-refractivity contribution in [2.45, 2.75) is 26.7 Å². The smallest absolute Gasteiger partial charge is 0.350 e. The molecule has 14 heavy (non-hydrogen) atoms. The van der Waals surface area contributed by atoms with Crippen LogP contribution < -0.4 is 4.43 Å². The predicted molar refractivity (Wildman–Crippen MR) is 55.3 cm³/mol. The third-order valence-corrected chi connectivity index (χ3v) is 2.74. The Labute approximate surface area is 91.3 Å². The van der Waals surface area contributed by atoms with E-state index in [9.17, 15) is 10.1 Å². The minimum Gasteiger partial charge on any atom is -0.804 e. The van der Waals surface area contributed by atoms with Gasteiger partial charge < -0.3 is 9.94 Å². The molecule has 4 nitrogen and oxygen atoms in total. The molecule has 1 aromatic heterocycles. The molecule has 0 amide bonds. The van der Waals surface area contributed by atoms with E-state index in [4.69, 9.17) is 23.2 Å². The zero-order valence-electron chi connectivity index (χ0n) is 7.88. The van der Waals surface area contributed by atoms with E-state index in [1.54, 1.807) is 13.8 Å². The first-order valence-corrected chi connectivity index (χ1v) is 5.01. The molecule has 0 saturated carbocycles. The lowest BCUT2D eigenvalue weighted by Crippen LogP contribution is -2.27. The van der Waals surface area contributed by atoms with Crippen LogP contribution in [0.25, 0.3) is 0 Å². The van der Waals surface area contributed by atoms with Gasteiger partial charge in [-0.15, -0.1) is 0 Å². The molecule has 1 aromatic rings. The third-order valence-electron chi connectivity index (χ3n) is 1.99. The average Bonchev–Trinajstić information content (AvgIpc) is 2.17. The van der Waals surface area contributed by atoms with Crippen LogP contribution in [-0.2, 0) is 12.8 Å². The summed E-state index contributed by atoms with van der Waals surface area (Å²) in [5, 5.41) is 11.3. The molecule has 0 aliphatic heterocycles. The summed E-state index contributed by atoms with van der Waals surface area (Å²) in [5.41, 5.74) is 0.396. The van der Waals surface area contributed by atoms with Crippen molar-refractivity contribution in [2.75, 3.05) is 0 Å². The Morgan fingerprint density at radius 2 is 1.93 bits per heavy atom. The zero-order valence-corrected chi connectivity index (χ0v) is 9.39. The van der Waals surface area contributed by atoms with Gasteiger partial charge in [0.15, 0.2) is 5.15 Å². The minimum absolute atomic E-state index is 0.0937. The Morgan fingerprint density at radius 1 is 1.36 bits per heavy atom. The van der Waals surface area contributed by atoms with Gasteiger partial charge in [-0.2, -0.15) is 0 Å². The van der Waals surface area contributed by atoms with Gasteiger partial charge in [0.25, 0.3) is 5.69 Å². The van der Waals surface area contributed by atoms with Gasteiger partial charge in [0, 0.05) is 11.3 Å². The van der Waals surface area contributed by atoms with Crippen molar-refractivity contribution in [3.8, 4) is 0 Å². The van der Waals surface area contributed by atoms with Crippen LogP contribution in [0, 0.1) is 10.1 Å². The van der Waals surface area contributed by atoms with Crippen molar-refractivity contribution in [1.29, 1.82) is 0 Å². The molecule has 0 spiro atoms. The maximum Gasteiger partial charge on any atom is 0.350 e. The lowest BCUT2D eigenvalue weighted by molar-refractivity contribution is -0.503. The van der Waals surface area contributed by atoms with Gasteiger partial charge in [0.2, 0.25) is 0 Å². The summed E-state index contributed by atoms with van der Waals surface area (Å²) in [6, 6.07) is 0. The first-order chi connectivity index (χ1) is 6.54. The van der Waals surface area contributed by atoms with Gasteiger partial charge in [-0.25, -0.2) is 0 Å². The number of nitrogens with zero attached hydrogens (tertiary/aromatic N) is 2. The maximum atomic E-state index is 11.5. The highest BCUT2D eigenvalue weighted by Gasteiger charge is 2.22. The average molecular weight is 237 g/mol. The topological polar surface area (TPSA) is 51.0 Å². The number of halogens is 2. The van der Waals surface area contributed by atoms with Gasteiger partial charge in [0.05, 0.1) is 4.43 Å². The van der Waals surface area contributed by atoms with E-state index in [-0.39, 0.29) is 21.7 Å². The van der Waals surface area contributed by atoms with Crippen LogP contribution in [0.3, 0.4) is 0 Å². The summed E-state index contributed by atoms with van der Waals surface area (Å²) in [6.07, 6.45) is 0.739. The summed E-state index contributed by atoms with van der Waals surface area (Å²) >= 11 is 11.5. The maximum absolute atomic E-state index is 11.5. The summed E-state index contributed by atoms with van der Waals surface area (Å²) in [6.45, 7) is 3.47. The van der Waals surface area contributed by atoms with E-state index in [1.165, 1.54) is 0 Å². The Balaban J connectivity index is 3.64. The fourth-order valence-electron chi connectivity index (χ4n) is 1.22. The largest absolute Gasteiger partial charge is 0.804 e. The van der Waals surface area contributed by atoms with Crippen LogP contribution in [0.4, 0.5) is 0 Å². The van der Waals surface area contributed by atoms with Gasteiger partial charge in [0.1, 0.15) is 5.69 Å². The predicted octanol–water partition coefficient (Wildman–Crippen LogP) is 2.18. The van der Waals surface area contributed by atoms with Crippen molar-refractivity contribution >= 4 is 23.2 Å². The molecular formula is C8H10Cl2N2O2.